The van der Waals surface area contributed by atoms with Gasteiger partial charge in [0.2, 0.25) is 0 Å². The lowest BCUT2D eigenvalue weighted by atomic mass is 10.0. The molecule has 0 aromatic heterocycles. The molecule has 1 unspecified atom stereocenters. The molecule has 0 fully saturated rings. The number of alkyl carbamates (subject to hydrolysis) is 1. The molecule has 0 aromatic rings. The highest BCUT2D eigenvalue weighted by atomic mass is 16.6. The van der Waals surface area contributed by atoms with Crippen molar-refractivity contribution in [3.63, 3.8) is 0 Å². The lowest BCUT2D eigenvalue weighted by Gasteiger charge is -2.23. The van der Waals surface area contributed by atoms with E-state index in [1.807, 2.05) is 20.8 Å². The molecule has 0 saturated heterocycles. The molecule has 0 aliphatic carbocycles. The molecule has 1 amide bonds. The van der Waals surface area contributed by atoms with Crippen LogP contribution >= 0.6 is 0 Å². The zero-order valence-corrected chi connectivity index (χ0v) is 14.9. The minimum atomic E-state index is -0.439. The fourth-order valence-corrected chi connectivity index (χ4v) is 2.19. The normalized spacial score (nSPS) is 13.3. The Bertz CT molecular complexity index is 272. The van der Waals surface area contributed by atoms with E-state index in [4.69, 9.17) is 4.74 Å². The van der Waals surface area contributed by atoms with Crippen LogP contribution in [0.15, 0.2) is 0 Å². The first-order chi connectivity index (χ1) is 9.74. The van der Waals surface area contributed by atoms with Gasteiger partial charge in [0.25, 0.3) is 0 Å². The summed E-state index contributed by atoms with van der Waals surface area (Å²) < 4.78 is 5.27. The summed E-state index contributed by atoms with van der Waals surface area (Å²) in [6.45, 7) is 13.9. The largest absolute Gasteiger partial charge is 0.444 e. The lowest BCUT2D eigenvalue weighted by Crippen LogP contribution is -2.43. The topological polar surface area (TPSA) is 50.4 Å². The molecule has 0 heterocycles. The van der Waals surface area contributed by atoms with Gasteiger partial charge in [-0.05, 0) is 46.1 Å². The van der Waals surface area contributed by atoms with Crippen LogP contribution in [0.5, 0.6) is 0 Å². The van der Waals surface area contributed by atoms with Crippen LogP contribution in [-0.4, -0.2) is 30.8 Å². The minimum absolute atomic E-state index is 0.319. The molecule has 126 valence electrons. The third-order valence-corrected chi connectivity index (χ3v) is 3.11. The Morgan fingerprint density at radius 2 is 1.81 bits per heavy atom. The molecule has 0 aliphatic heterocycles. The number of unbranched alkanes of at least 4 members (excludes halogenated alkanes) is 3. The van der Waals surface area contributed by atoms with Crippen LogP contribution in [0.3, 0.4) is 0 Å². The third kappa shape index (κ3) is 13.9. The van der Waals surface area contributed by atoms with E-state index in [1.54, 1.807) is 0 Å². The summed E-state index contributed by atoms with van der Waals surface area (Å²) in [6, 6.07) is 0.319. The Balaban J connectivity index is 4.03. The maximum atomic E-state index is 11.7. The summed E-state index contributed by atoms with van der Waals surface area (Å²) in [4.78, 5) is 11.7. The monoisotopic (exact) mass is 300 g/mol. The number of hydrogen-bond donors (Lipinski definition) is 2. The number of ether oxygens (including phenoxy) is 1. The second kappa shape index (κ2) is 10.9. The number of rotatable bonds is 10. The molecule has 1 atom stereocenters. The fourth-order valence-electron chi connectivity index (χ4n) is 2.19. The first-order valence-electron chi connectivity index (χ1n) is 8.44. The van der Waals surface area contributed by atoms with E-state index in [-0.39, 0.29) is 6.09 Å². The Kier molecular flexibility index (Phi) is 10.5. The summed E-state index contributed by atoms with van der Waals surface area (Å²) in [5.74, 6) is 0.610. The van der Waals surface area contributed by atoms with Crippen LogP contribution in [0.25, 0.3) is 0 Å². The molecular weight excluding hydrogens is 264 g/mol. The van der Waals surface area contributed by atoms with Crippen LogP contribution in [0.2, 0.25) is 0 Å². The number of amides is 1. The summed E-state index contributed by atoms with van der Waals surface area (Å²) >= 11 is 0. The Labute approximate surface area is 131 Å². The van der Waals surface area contributed by atoms with Crippen molar-refractivity contribution < 1.29 is 9.53 Å². The molecule has 0 saturated carbocycles. The van der Waals surface area contributed by atoms with Gasteiger partial charge >= 0.3 is 6.09 Å². The standard InChI is InChI=1S/C17H36N2O2/c1-7-8-9-10-11-18-15(12-14(2)3)13-19-16(20)21-17(4,5)6/h14-15,18H,7-13H2,1-6H3,(H,19,20). The van der Waals surface area contributed by atoms with Crippen molar-refractivity contribution >= 4 is 6.09 Å². The molecule has 0 aromatic carbocycles. The smallest absolute Gasteiger partial charge is 0.407 e. The maximum Gasteiger partial charge on any atom is 0.407 e. The Morgan fingerprint density at radius 1 is 1.14 bits per heavy atom. The molecule has 0 aliphatic rings. The Morgan fingerprint density at radius 3 is 2.33 bits per heavy atom. The van der Waals surface area contributed by atoms with E-state index in [2.05, 4.69) is 31.4 Å². The van der Waals surface area contributed by atoms with Gasteiger partial charge < -0.3 is 15.4 Å². The van der Waals surface area contributed by atoms with Gasteiger partial charge in [-0.2, -0.15) is 0 Å². The zero-order valence-electron chi connectivity index (χ0n) is 14.9. The molecule has 0 radical (unpaired) electrons. The van der Waals surface area contributed by atoms with Gasteiger partial charge in [-0.15, -0.1) is 0 Å². The number of carbonyl (C=O) groups excluding carboxylic acids is 1. The van der Waals surface area contributed by atoms with Crippen molar-refractivity contribution in [2.24, 2.45) is 5.92 Å². The number of carbonyl (C=O) groups is 1. The Hall–Kier alpha value is -0.770. The molecule has 21 heavy (non-hydrogen) atoms. The van der Waals surface area contributed by atoms with Gasteiger partial charge in [0.1, 0.15) is 5.60 Å². The summed E-state index contributed by atoms with van der Waals surface area (Å²) in [6.07, 6.45) is 5.77. The van der Waals surface area contributed by atoms with Crippen LogP contribution < -0.4 is 10.6 Å². The van der Waals surface area contributed by atoms with Gasteiger partial charge in [0.15, 0.2) is 0 Å². The first kappa shape index (κ1) is 20.2. The van der Waals surface area contributed by atoms with E-state index in [0.717, 1.165) is 13.0 Å². The van der Waals surface area contributed by atoms with Crippen LogP contribution in [0.4, 0.5) is 4.79 Å². The molecule has 2 N–H and O–H groups in total. The van der Waals surface area contributed by atoms with Gasteiger partial charge in [-0.3, -0.25) is 0 Å². The number of nitrogens with one attached hydrogen (secondary N) is 2. The van der Waals surface area contributed by atoms with Crippen molar-refractivity contribution in [1.29, 1.82) is 0 Å². The highest BCUT2D eigenvalue weighted by Gasteiger charge is 2.17. The second-order valence-electron chi connectivity index (χ2n) is 7.22. The predicted octanol–water partition coefficient (Wildman–Crippen LogP) is 4.10. The van der Waals surface area contributed by atoms with E-state index in [1.165, 1.54) is 25.7 Å². The highest BCUT2D eigenvalue weighted by molar-refractivity contribution is 5.67. The molecular formula is C17H36N2O2. The van der Waals surface area contributed by atoms with Crippen LogP contribution in [-0.2, 0) is 4.74 Å². The summed E-state index contributed by atoms with van der Waals surface area (Å²) in [5.41, 5.74) is -0.439. The van der Waals surface area contributed by atoms with Crippen molar-refractivity contribution in [3.05, 3.63) is 0 Å². The zero-order chi connectivity index (χ0) is 16.3. The number of hydrogen-bond acceptors (Lipinski definition) is 3. The van der Waals surface area contributed by atoms with E-state index in [0.29, 0.717) is 18.5 Å². The third-order valence-electron chi connectivity index (χ3n) is 3.11. The molecule has 0 rings (SSSR count). The average molecular weight is 300 g/mol. The van der Waals surface area contributed by atoms with Crippen LogP contribution in [0, 0.1) is 5.92 Å². The molecule has 0 spiro atoms. The highest BCUT2D eigenvalue weighted by Crippen LogP contribution is 2.08. The lowest BCUT2D eigenvalue weighted by molar-refractivity contribution is 0.0521. The van der Waals surface area contributed by atoms with E-state index >= 15 is 0 Å². The minimum Gasteiger partial charge on any atom is -0.444 e. The first-order valence-corrected chi connectivity index (χ1v) is 8.44. The average Bonchev–Trinajstić information content (AvgIpc) is 2.32. The van der Waals surface area contributed by atoms with Gasteiger partial charge in [-0.1, -0.05) is 40.0 Å². The van der Waals surface area contributed by atoms with Crippen LogP contribution in [0.1, 0.15) is 73.6 Å². The van der Waals surface area contributed by atoms with Crippen molar-refractivity contribution in [3.8, 4) is 0 Å². The molecule has 4 heteroatoms. The van der Waals surface area contributed by atoms with E-state index < -0.39 is 5.60 Å². The summed E-state index contributed by atoms with van der Waals surface area (Å²) in [7, 11) is 0. The summed E-state index contributed by atoms with van der Waals surface area (Å²) in [5, 5.41) is 6.43. The SMILES string of the molecule is CCCCCCNC(CNC(=O)OC(C)(C)C)CC(C)C. The van der Waals surface area contributed by atoms with Gasteiger partial charge in [0.05, 0.1) is 0 Å². The molecule has 0 bridgehead atoms. The van der Waals surface area contributed by atoms with Crippen molar-refractivity contribution in [2.45, 2.75) is 85.3 Å². The van der Waals surface area contributed by atoms with E-state index in [9.17, 15) is 4.79 Å². The quantitative estimate of drug-likeness (QED) is 0.597. The van der Waals surface area contributed by atoms with Gasteiger partial charge in [0, 0.05) is 12.6 Å². The second-order valence-corrected chi connectivity index (χ2v) is 7.22. The predicted molar refractivity (Wildman–Crippen MR) is 89.6 cm³/mol. The van der Waals surface area contributed by atoms with Crippen molar-refractivity contribution in [1.82, 2.24) is 10.6 Å². The fraction of sp³-hybridized carbons (Fsp3) is 0.941. The molecule has 4 nitrogen and oxygen atoms in total. The van der Waals surface area contributed by atoms with Gasteiger partial charge in [-0.25, -0.2) is 4.79 Å². The maximum absolute atomic E-state index is 11.7. The van der Waals surface area contributed by atoms with Crippen molar-refractivity contribution in [2.75, 3.05) is 13.1 Å².